The molecular weight excluding hydrogens is 326 g/mol. The van der Waals surface area contributed by atoms with Crippen LogP contribution in [0.15, 0.2) is 47.4 Å². The van der Waals surface area contributed by atoms with Crippen molar-refractivity contribution in [2.24, 2.45) is 0 Å². The molecule has 2 heterocycles. The van der Waals surface area contributed by atoms with E-state index in [1.807, 2.05) is 32.0 Å². The average Bonchev–Trinajstić information content (AvgIpc) is 3.00. The second kappa shape index (κ2) is 5.22. The molecular formula is C18H19NO4S. The van der Waals surface area contributed by atoms with Crippen LogP contribution in [0, 0.1) is 0 Å². The Kier molecular flexibility index (Phi) is 3.37. The smallest absolute Gasteiger partial charge is 0.244 e. The van der Waals surface area contributed by atoms with Gasteiger partial charge in [0.05, 0.1) is 4.90 Å². The molecule has 0 aromatic heterocycles. The lowest BCUT2D eigenvalue weighted by atomic mass is 9.88. The minimum Gasteiger partial charge on any atom is -0.454 e. The first-order chi connectivity index (χ1) is 11.4. The average molecular weight is 345 g/mol. The molecule has 0 saturated carbocycles. The van der Waals surface area contributed by atoms with Crippen LogP contribution >= 0.6 is 0 Å². The van der Waals surface area contributed by atoms with Crippen molar-refractivity contribution >= 4 is 10.0 Å². The molecule has 0 saturated heterocycles. The summed E-state index contributed by atoms with van der Waals surface area (Å²) in [5.41, 5.74) is 1.77. The van der Waals surface area contributed by atoms with Crippen molar-refractivity contribution in [3.05, 3.63) is 53.6 Å². The highest BCUT2D eigenvalue weighted by molar-refractivity contribution is 7.89. The summed E-state index contributed by atoms with van der Waals surface area (Å²) in [6.07, 6.45) is 0.687. The predicted molar refractivity (Wildman–Crippen MR) is 89.5 cm³/mol. The van der Waals surface area contributed by atoms with Crippen molar-refractivity contribution < 1.29 is 17.9 Å². The third-order valence-electron chi connectivity index (χ3n) is 4.66. The quantitative estimate of drug-likeness (QED) is 0.840. The molecule has 4 rings (SSSR count). The summed E-state index contributed by atoms with van der Waals surface area (Å²) in [7, 11) is -3.64. The van der Waals surface area contributed by atoms with E-state index in [2.05, 4.69) is 6.07 Å². The molecule has 0 spiro atoms. The van der Waals surface area contributed by atoms with Gasteiger partial charge in [-0.2, -0.15) is 4.31 Å². The zero-order valence-corrected chi connectivity index (χ0v) is 14.5. The predicted octanol–water partition coefficient (Wildman–Crippen LogP) is 2.94. The maximum atomic E-state index is 13.2. The molecule has 0 fully saturated rings. The van der Waals surface area contributed by atoms with E-state index in [4.69, 9.17) is 9.47 Å². The van der Waals surface area contributed by atoms with E-state index in [-0.39, 0.29) is 11.7 Å². The van der Waals surface area contributed by atoms with Crippen molar-refractivity contribution in [3.63, 3.8) is 0 Å². The van der Waals surface area contributed by atoms with Crippen LogP contribution in [0.25, 0.3) is 0 Å². The molecule has 126 valence electrons. The summed E-state index contributed by atoms with van der Waals surface area (Å²) in [5.74, 6) is 1.06. The van der Waals surface area contributed by atoms with E-state index in [0.717, 1.165) is 5.56 Å². The zero-order chi connectivity index (χ0) is 16.9. The summed E-state index contributed by atoms with van der Waals surface area (Å²) in [4.78, 5) is 0.235. The molecule has 24 heavy (non-hydrogen) atoms. The first kappa shape index (κ1) is 15.5. The van der Waals surface area contributed by atoms with Gasteiger partial charge in [0.15, 0.2) is 11.5 Å². The summed E-state index contributed by atoms with van der Waals surface area (Å²) in [6, 6.07) is 12.8. The van der Waals surface area contributed by atoms with Gasteiger partial charge in [-0.3, -0.25) is 0 Å². The minimum atomic E-state index is -3.64. The van der Waals surface area contributed by atoms with Crippen LogP contribution in [0.4, 0.5) is 0 Å². The fraction of sp³-hybridized carbons (Fsp3) is 0.333. The van der Waals surface area contributed by atoms with Gasteiger partial charge >= 0.3 is 0 Å². The Balaban J connectivity index is 1.76. The van der Waals surface area contributed by atoms with Crippen LogP contribution in [0.5, 0.6) is 11.5 Å². The molecule has 0 atom stereocenters. The van der Waals surface area contributed by atoms with E-state index < -0.39 is 15.6 Å². The molecule has 0 aliphatic carbocycles. The van der Waals surface area contributed by atoms with Gasteiger partial charge < -0.3 is 9.47 Å². The first-order valence-corrected chi connectivity index (χ1v) is 9.31. The molecule has 0 bridgehead atoms. The van der Waals surface area contributed by atoms with Gasteiger partial charge in [-0.15, -0.1) is 0 Å². The van der Waals surface area contributed by atoms with E-state index >= 15 is 0 Å². The Hall–Kier alpha value is -2.05. The Morgan fingerprint density at radius 3 is 2.50 bits per heavy atom. The molecule has 5 nitrogen and oxygen atoms in total. The number of sulfonamides is 1. The highest BCUT2D eigenvalue weighted by atomic mass is 32.2. The molecule has 0 amide bonds. The Labute approximate surface area is 141 Å². The third-order valence-corrected chi connectivity index (χ3v) is 6.72. The van der Waals surface area contributed by atoms with E-state index in [9.17, 15) is 8.42 Å². The normalized spacial score (nSPS) is 19.1. The fourth-order valence-electron chi connectivity index (χ4n) is 3.38. The van der Waals surface area contributed by atoms with Crippen molar-refractivity contribution in [2.75, 3.05) is 6.79 Å². The zero-order valence-electron chi connectivity index (χ0n) is 13.7. The summed E-state index contributed by atoms with van der Waals surface area (Å²) < 4.78 is 38.7. The first-order valence-electron chi connectivity index (χ1n) is 7.87. The highest BCUT2D eigenvalue weighted by Gasteiger charge is 2.41. The van der Waals surface area contributed by atoms with Gasteiger partial charge in [0.2, 0.25) is 16.8 Å². The molecule has 2 aromatic carbocycles. The number of hydrogen-bond acceptors (Lipinski definition) is 4. The summed E-state index contributed by atoms with van der Waals surface area (Å²) in [5, 5.41) is 0. The van der Waals surface area contributed by atoms with Crippen molar-refractivity contribution in [1.29, 1.82) is 0 Å². The second-order valence-electron chi connectivity index (χ2n) is 6.78. The number of nitrogens with zero attached hydrogens (tertiary/aromatic N) is 1. The lowest BCUT2D eigenvalue weighted by Crippen LogP contribution is -2.51. The van der Waals surface area contributed by atoms with Crippen LogP contribution in [0.1, 0.15) is 25.0 Å². The third kappa shape index (κ3) is 2.37. The molecule has 0 N–H and O–H groups in total. The molecule has 0 radical (unpaired) electrons. The number of ether oxygens (including phenoxy) is 2. The molecule has 0 unspecified atom stereocenters. The van der Waals surface area contributed by atoms with Gasteiger partial charge in [-0.05, 0) is 43.5 Å². The van der Waals surface area contributed by atoms with Gasteiger partial charge in [0.1, 0.15) is 0 Å². The maximum Gasteiger partial charge on any atom is 0.244 e. The summed E-state index contributed by atoms with van der Waals surface area (Å²) in [6.45, 7) is 4.43. The van der Waals surface area contributed by atoms with Crippen LogP contribution in [-0.4, -0.2) is 25.1 Å². The van der Waals surface area contributed by atoms with Crippen molar-refractivity contribution in [3.8, 4) is 11.5 Å². The molecule has 6 heteroatoms. The Morgan fingerprint density at radius 2 is 1.71 bits per heavy atom. The van der Waals surface area contributed by atoms with Gasteiger partial charge in [0.25, 0.3) is 0 Å². The SMILES string of the molecule is CC1(C)Cc2ccccc2CN1S(=O)(=O)c1ccc2c(c1)OCO2. The van der Waals surface area contributed by atoms with Gasteiger partial charge in [-0.25, -0.2) is 8.42 Å². The van der Waals surface area contributed by atoms with E-state index in [1.54, 1.807) is 22.5 Å². The lowest BCUT2D eigenvalue weighted by Gasteiger charge is -2.42. The van der Waals surface area contributed by atoms with Crippen LogP contribution in [0.3, 0.4) is 0 Å². The van der Waals surface area contributed by atoms with Crippen LogP contribution < -0.4 is 9.47 Å². The highest BCUT2D eigenvalue weighted by Crippen LogP contribution is 2.38. The van der Waals surface area contributed by atoms with Crippen molar-refractivity contribution in [2.45, 2.75) is 37.2 Å². The van der Waals surface area contributed by atoms with E-state index in [1.165, 1.54) is 5.56 Å². The topological polar surface area (TPSA) is 55.8 Å². The molecule has 2 aliphatic heterocycles. The molecule has 2 aliphatic rings. The number of rotatable bonds is 2. The van der Waals surface area contributed by atoms with Crippen LogP contribution in [-0.2, 0) is 23.0 Å². The number of benzene rings is 2. The van der Waals surface area contributed by atoms with Gasteiger partial charge in [0, 0.05) is 18.2 Å². The van der Waals surface area contributed by atoms with Gasteiger partial charge in [-0.1, -0.05) is 24.3 Å². The standard InChI is InChI=1S/C18H19NO4S/c1-18(2)10-13-5-3-4-6-14(13)11-19(18)24(20,21)15-7-8-16-17(9-15)23-12-22-16/h3-9H,10-12H2,1-2H3. The minimum absolute atomic E-state index is 0.126. The molecule has 2 aromatic rings. The Bertz CT molecular complexity index is 905. The lowest BCUT2D eigenvalue weighted by molar-refractivity contribution is 0.173. The van der Waals surface area contributed by atoms with Crippen molar-refractivity contribution in [1.82, 2.24) is 4.31 Å². The number of hydrogen-bond donors (Lipinski definition) is 0. The maximum absolute atomic E-state index is 13.2. The van der Waals surface area contributed by atoms with E-state index in [0.29, 0.717) is 24.5 Å². The number of fused-ring (bicyclic) bond motifs is 2. The monoisotopic (exact) mass is 345 g/mol. The largest absolute Gasteiger partial charge is 0.454 e. The second-order valence-corrected chi connectivity index (χ2v) is 8.65. The van der Waals surface area contributed by atoms with Crippen LogP contribution in [0.2, 0.25) is 0 Å². The Morgan fingerprint density at radius 1 is 1.00 bits per heavy atom. The summed E-state index contributed by atoms with van der Waals surface area (Å²) >= 11 is 0. The fourth-order valence-corrected chi connectivity index (χ4v) is 5.16.